The van der Waals surface area contributed by atoms with Gasteiger partial charge in [-0.1, -0.05) is 17.7 Å². The van der Waals surface area contributed by atoms with Crippen molar-refractivity contribution in [3.8, 4) is 0 Å². The van der Waals surface area contributed by atoms with Crippen LogP contribution in [-0.2, 0) is 11.2 Å². The minimum atomic E-state index is -0.274. The minimum absolute atomic E-state index is 0.240. The molecule has 0 spiro atoms. The summed E-state index contributed by atoms with van der Waals surface area (Å²) in [5.74, 6) is -0.274. The second kappa shape index (κ2) is 6.06. The highest BCUT2D eigenvalue weighted by molar-refractivity contribution is 5.79. The van der Waals surface area contributed by atoms with Crippen molar-refractivity contribution in [2.75, 3.05) is 25.0 Å². The van der Waals surface area contributed by atoms with E-state index in [-0.39, 0.29) is 11.9 Å². The highest BCUT2D eigenvalue weighted by Crippen LogP contribution is 2.28. The van der Waals surface area contributed by atoms with Crippen molar-refractivity contribution >= 4 is 11.6 Å². The SMILES string of the molecule is CNC(CCN1CCCc2cc(C)ccc21)C(N)=O. The van der Waals surface area contributed by atoms with Crippen LogP contribution in [0.4, 0.5) is 5.69 Å². The molecule has 1 aromatic carbocycles. The largest absolute Gasteiger partial charge is 0.371 e. The van der Waals surface area contributed by atoms with Gasteiger partial charge >= 0.3 is 0 Å². The fraction of sp³-hybridized carbons (Fsp3) is 0.533. The molecule has 1 atom stereocenters. The number of nitrogens with zero attached hydrogens (tertiary/aromatic N) is 1. The van der Waals surface area contributed by atoms with E-state index < -0.39 is 0 Å². The molecule has 2 rings (SSSR count). The maximum Gasteiger partial charge on any atom is 0.234 e. The summed E-state index contributed by atoms with van der Waals surface area (Å²) in [6, 6.07) is 6.38. The number of rotatable bonds is 5. The van der Waals surface area contributed by atoms with Gasteiger partial charge in [0.15, 0.2) is 0 Å². The van der Waals surface area contributed by atoms with E-state index in [4.69, 9.17) is 5.73 Å². The van der Waals surface area contributed by atoms with Gasteiger partial charge in [0.05, 0.1) is 6.04 Å². The molecule has 3 N–H and O–H groups in total. The van der Waals surface area contributed by atoms with E-state index >= 15 is 0 Å². The van der Waals surface area contributed by atoms with Crippen LogP contribution in [0.15, 0.2) is 18.2 Å². The number of amides is 1. The number of carbonyl (C=O) groups is 1. The smallest absolute Gasteiger partial charge is 0.234 e. The molecule has 0 aromatic heterocycles. The third-order valence-corrected chi connectivity index (χ3v) is 3.83. The Morgan fingerprint density at radius 2 is 2.32 bits per heavy atom. The van der Waals surface area contributed by atoms with Gasteiger partial charge < -0.3 is 16.0 Å². The Labute approximate surface area is 115 Å². The van der Waals surface area contributed by atoms with Crippen molar-refractivity contribution < 1.29 is 4.79 Å². The van der Waals surface area contributed by atoms with Crippen molar-refractivity contribution in [3.05, 3.63) is 29.3 Å². The number of hydrogen-bond donors (Lipinski definition) is 2. The van der Waals surface area contributed by atoms with Crippen molar-refractivity contribution in [3.63, 3.8) is 0 Å². The molecular weight excluding hydrogens is 238 g/mol. The van der Waals surface area contributed by atoms with Crippen LogP contribution in [0.5, 0.6) is 0 Å². The number of fused-ring (bicyclic) bond motifs is 1. The van der Waals surface area contributed by atoms with Crippen molar-refractivity contribution in [1.29, 1.82) is 0 Å². The molecule has 104 valence electrons. The van der Waals surface area contributed by atoms with Gasteiger partial charge in [-0.15, -0.1) is 0 Å². The predicted octanol–water partition coefficient (Wildman–Crippen LogP) is 1.21. The summed E-state index contributed by atoms with van der Waals surface area (Å²) in [6.07, 6.45) is 3.08. The van der Waals surface area contributed by atoms with Gasteiger partial charge in [0.25, 0.3) is 0 Å². The van der Waals surface area contributed by atoms with Crippen LogP contribution < -0.4 is 16.0 Å². The first kappa shape index (κ1) is 13.9. The lowest BCUT2D eigenvalue weighted by Crippen LogP contribution is -2.42. The molecule has 4 nitrogen and oxygen atoms in total. The van der Waals surface area contributed by atoms with E-state index in [9.17, 15) is 4.79 Å². The molecule has 1 aromatic rings. The second-order valence-electron chi connectivity index (χ2n) is 5.26. The summed E-state index contributed by atoms with van der Waals surface area (Å²) in [5.41, 5.74) is 9.41. The van der Waals surface area contributed by atoms with Crippen LogP contribution in [0.1, 0.15) is 24.0 Å². The first-order valence-electron chi connectivity index (χ1n) is 6.93. The molecule has 0 radical (unpaired) electrons. The number of anilines is 1. The molecule has 0 bridgehead atoms. The maximum atomic E-state index is 11.2. The third-order valence-electron chi connectivity index (χ3n) is 3.83. The van der Waals surface area contributed by atoms with Crippen LogP contribution in [0.25, 0.3) is 0 Å². The normalized spacial score (nSPS) is 16.0. The number of carbonyl (C=O) groups excluding carboxylic acids is 1. The van der Waals surface area contributed by atoms with E-state index in [1.807, 2.05) is 0 Å². The number of aryl methyl sites for hydroxylation is 2. The van der Waals surface area contributed by atoms with Gasteiger partial charge in [0.1, 0.15) is 0 Å². The molecule has 0 saturated carbocycles. The van der Waals surface area contributed by atoms with Gasteiger partial charge in [-0.2, -0.15) is 0 Å². The van der Waals surface area contributed by atoms with E-state index in [1.165, 1.54) is 23.2 Å². The lowest BCUT2D eigenvalue weighted by molar-refractivity contribution is -0.120. The summed E-state index contributed by atoms with van der Waals surface area (Å²) in [5, 5.41) is 2.97. The molecule has 1 aliphatic rings. The molecule has 1 unspecified atom stereocenters. The van der Waals surface area contributed by atoms with Gasteiger partial charge in [-0.3, -0.25) is 4.79 Å². The zero-order chi connectivity index (χ0) is 13.8. The molecule has 1 heterocycles. The minimum Gasteiger partial charge on any atom is -0.371 e. The fourth-order valence-electron chi connectivity index (χ4n) is 2.75. The van der Waals surface area contributed by atoms with E-state index in [0.29, 0.717) is 0 Å². The highest BCUT2D eigenvalue weighted by Gasteiger charge is 2.19. The summed E-state index contributed by atoms with van der Waals surface area (Å²) in [7, 11) is 1.78. The van der Waals surface area contributed by atoms with Crippen LogP contribution >= 0.6 is 0 Å². The first-order chi connectivity index (χ1) is 9.11. The fourth-order valence-corrected chi connectivity index (χ4v) is 2.75. The lowest BCUT2D eigenvalue weighted by atomic mass is 9.99. The Morgan fingerprint density at radius 1 is 1.53 bits per heavy atom. The average Bonchev–Trinajstić information content (AvgIpc) is 2.38. The Morgan fingerprint density at radius 3 is 3.00 bits per heavy atom. The summed E-state index contributed by atoms with van der Waals surface area (Å²) >= 11 is 0. The van der Waals surface area contributed by atoms with E-state index in [1.54, 1.807) is 7.05 Å². The third kappa shape index (κ3) is 3.26. The number of nitrogens with two attached hydrogens (primary N) is 1. The number of primary amides is 1. The van der Waals surface area contributed by atoms with Crippen LogP contribution in [-0.4, -0.2) is 32.1 Å². The quantitative estimate of drug-likeness (QED) is 0.837. The van der Waals surface area contributed by atoms with E-state index in [2.05, 4.69) is 35.3 Å². The summed E-state index contributed by atoms with van der Waals surface area (Å²) < 4.78 is 0. The monoisotopic (exact) mass is 261 g/mol. The molecule has 0 saturated heterocycles. The zero-order valence-corrected chi connectivity index (χ0v) is 11.8. The Bertz CT molecular complexity index is 459. The van der Waals surface area contributed by atoms with Crippen molar-refractivity contribution in [2.24, 2.45) is 5.73 Å². The molecular formula is C15H23N3O. The second-order valence-corrected chi connectivity index (χ2v) is 5.26. The van der Waals surface area contributed by atoms with Crippen LogP contribution in [0, 0.1) is 6.92 Å². The Kier molecular flexibility index (Phi) is 4.43. The molecule has 0 fully saturated rings. The predicted molar refractivity (Wildman–Crippen MR) is 78.4 cm³/mol. The van der Waals surface area contributed by atoms with Gasteiger partial charge in [-0.25, -0.2) is 0 Å². The standard InChI is InChI=1S/C15H23N3O/c1-11-5-6-14-12(10-11)4-3-8-18(14)9-7-13(17-2)15(16)19/h5-6,10,13,17H,3-4,7-9H2,1-2H3,(H2,16,19). The molecule has 4 heteroatoms. The van der Waals surface area contributed by atoms with Crippen LogP contribution in [0.2, 0.25) is 0 Å². The number of benzene rings is 1. The van der Waals surface area contributed by atoms with Gasteiger partial charge in [0, 0.05) is 18.8 Å². The van der Waals surface area contributed by atoms with Gasteiger partial charge in [-0.05, 0) is 44.9 Å². The summed E-state index contributed by atoms with van der Waals surface area (Å²) in [6.45, 7) is 4.05. The Hall–Kier alpha value is -1.55. The highest BCUT2D eigenvalue weighted by atomic mass is 16.1. The lowest BCUT2D eigenvalue weighted by Gasteiger charge is -2.32. The maximum absolute atomic E-state index is 11.2. The molecule has 0 aliphatic carbocycles. The Balaban J connectivity index is 2.05. The number of hydrogen-bond acceptors (Lipinski definition) is 3. The number of nitrogens with one attached hydrogen (secondary N) is 1. The number of likely N-dealkylation sites (N-methyl/N-ethyl adjacent to an activating group) is 1. The van der Waals surface area contributed by atoms with Crippen molar-refractivity contribution in [2.45, 2.75) is 32.2 Å². The first-order valence-corrected chi connectivity index (χ1v) is 6.93. The van der Waals surface area contributed by atoms with Gasteiger partial charge in [0.2, 0.25) is 5.91 Å². The molecule has 19 heavy (non-hydrogen) atoms. The van der Waals surface area contributed by atoms with E-state index in [0.717, 1.165) is 25.9 Å². The topological polar surface area (TPSA) is 58.4 Å². The van der Waals surface area contributed by atoms with Crippen molar-refractivity contribution in [1.82, 2.24) is 5.32 Å². The molecule has 1 aliphatic heterocycles. The average molecular weight is 261 g/mol. The molecule has 1 amide bonds. The zero-order valence-electron chi connectivity index (χ0n) is 11.8. The van der Waals surface area contributed by atoms with Crippen LogP contribution in [0.3, 0.4) is 0 Å². The summed E-state index contributed by atoms with van der Waals surface area (Å²) in [4.78, 5) is 13.6.